The fourth-order valence-corrected chi connectivity index (χ4v) is 1.91. The van der Waals surface area contributed by atoms with Crippen molar-refractivity contribution in [2.75, 3.05) is 18.9 Å². The average Bonchev–Trinajstić information content (AvgIpc) is 2.26. The van der Waals surface area contributed by atoms with E-state index in [0.717, 1.165) is 32.6 Å². The van der Waals surface area contributed by atoms with Crippen molar-refractivity contribution in [3.63, 3.8) is 0 Å². The zero-order valence-corrected chi connectivity index (χ0v) is 8.69. The number of nitrogens with two attached hydrogens (primary N) is 1. The summed E-state index contributed by atoms with van der Waals surface area (Å²) in [5, 5.41) is 0. The van der Waals surface area contributed by atoms with E-state index in [9.17, 15) is 4.79 Å². The summed E-state index contributed by atoms with van der Waals surface area (Å²) in [5.74, 6) is 0.540. The molecule has 0 aromatic carbocycles. The molecule has 15 heavy (non-hydrogen) atoms. The fraction of sp³-hybridized carbons (Fsp3) is 0.545. The fourth-order valence-electron chi connectivity index (χ4n) is 1.91. The van der Waals surface area contributed by atoms with Crippen LogP contribution in [-0.2, 0) is 11.3 Å². The number of nitrogens with zero attached hydrogens (tertiary/aromatic N) is 1. The summed E-state index contributed by atoms with van der Waals surface area (Å²) in [5.41, 5.74) is 5.81. The van der Waals surface area contributed by atoms with E-state index >= 15 is 0 Å². The number of aromatic nitrogens is 1. The maximum atomic E-state index is 11.6. The topological polar surface area (TPSA) is 57.2 Å². The van der Waals surface area contributed by atoms with E-state index in [1.54, 1.807) is 16.8 Å². The molecule has 1 aliphatic rings. The normalized spacial score (nSPS) is 17.9. The van der Waals surface area contributed by atoms with Gasteiger partial charge in [-0.3, -0.25) is 4.79 Å². The Hall–Kier alpha value is -1.29. The smallest absolute Gasteiger partial charge is 0.273 e. The minimum absolute atomic E-state index is 0.0796. The van der Waals surface area contributed by atoms with Gasteiger partial charge in [0.2, 0.25) is 0 Å². The predicted molar refractivity (Wildman–Crippen MR) is 58.7 cm³/mol. The molecule has 2 heterocycles. The molecule has 0 bridgehead atoms. The molecule has 4 nitrogen and oxygen atoms in total. The highest BCUT2D eigenvalue weighted by molar-refractivity contribution is 5.33. The van der Waals surface area contributed by atoms with E-state index < -0.39 is 0 Å². The highest BCUT2D eigenvalue weighted by Crippen LogP contribution is 2.16. The van der Waals surface area contributed by atoms with Gasteiger partial charge in [-0.05, 0) is 30.9 Å². The Balaban J connectivity index is 2.09. The van der Waals surface area contributed by atoms with Crippen LogP contribution in [-0.4, -0.2) is 17.8 Å². The van der Waals surface area contributed by atoms with Crippen LogP contribution >= 0.6 is 0 Å². The van der Waals surface area contributed by atoms with Gasteiger partial charge in [0.25, 0.3) is 5.56 Å². The molecule has 2 N–H and O–H groups in total. The summed E-state index contributed by atoms with van der Waals surface area (Å²) in [6, 6.07) is 3.46. The number of hydrogen-bond donors (Lipinski definition) is 1. The van der Waals surface area contributed by atoms with Gasteiger partial charge in [0, 0.05) is 26.0 Å². The molecule has 0 amide bonds. The molecule has 0 unspecified atom stereocenters. The Morgan fingerprint density at radius 1 is 1.47 bits per heavy atom. The van der Waals surface area contributed by atoms with Crippen molar-refractivity contribution in [1.29, 1.82) is 0 Å². The van der Waals surface area contributed by atoms with Crippen LogP contribution in [0.1, 0.15) is 12.8 Å². The van der Waals surface area contributed by atoms with Gasteiger partial charge in [-0.25, -0.2) is 0 Å². The highest BCUT2D eigenvalue weighted by atomic mass is 16.5. The van der Waals surface area contributed by atoms with Crippen molar-refractivity contribution >= 4 is 5.69 Å². The van der Waals surface area contributed by atoms with Gasteiger partial charge in [-0.2, -0.15) is 0 Å². The minimum Gasteiger partial charge on any atom is -0.394 e. The molecule has 0 atom stereocenters. The van der Waals surface area contributed by atoms with Crippen molar-refractivity contribution in [1.82, 2.24) is 4.57 Å². The van der Waals surface area contributed by atoms with E-state index in [0.29, 0.717) is 11.6 Å². The molecule has 1 aromatic rings. The van der Waals surface area contributed by atoms with Crippen LogP contribution in [0.25, 0.3) is 0 Å². The lowest BCUT2D eigenvalue weighted by molar-refractivity contribution is 0.0610. The molecule has 1 aromatic heterocycles. The second-order valence-corrected chi connectivity index (χ2v) is 3.98. The van der Waals surface area contributed by atoms with Gasteiger partial charge in [0.1, 0.15) is 0 Å². The number of pyridine rings is 1. The SMILES string of the molecule is Nc1cccn(CC2CCOCC2)c1=O. The largest absolute Gasteiger partial charge is 0.394 e. The first-order chi connectivity index (χ1) is 7.27. The van der Waals surface area contributed by atoms with Gasteiger partial charge in [0.15, 0.2) is 0 Å². The molecule has 0 saturated carbocycles. The molecule has 2 rings (SSSR count). The van der Waals surface area contributed by atoms with Crippen molar-refractivity contribution in [3.05, 3.63) is 28.7 Å². The average molecular weight is 208 g/mol. The third-order valence-electron chi connectivity index (χ3n) is 2.85. The predicted octanol–water partition coefficient (Wildman–Crippen LogP) is 0.857. The van der Waals surface area contributed by atoms with Crippen LogP contribution in [0.3, 0.4) is 0 Å². The molecule has 0 spiro atoms. The molecule has 0 radical (unpaired) electrons. The zero-order valence-electron chi connectivity index (χ0n) is 8.69. The third-order valence-corrected chi connectivity index (χ3v) is 2.85. The summed E-state index contributed by atoms with van der Waals surface area (Å²) in [6.07, 6.45) is 3.86. The number of ether oxygens (including phenoxy) is 1. The lowest BCUT2D eigenvalue weighted by Gasteiger charge is -2.22. The first kappa shape index (κ1) is 10.2. The summed E-state index contributed by atoms with van der Waals surface area (Å²) in [7, 11) is 0. The van der Waals surface area contributed by atoms with Crippen molar-refractivity contribution < 1.29 is 4.74 Å². The molecule has 82 valence electrons. The first-order valence-electron chi connectivity index (χ1n) is 5.30. The second-order valence-electron chi connectivity index (χ2n) is 3.98. The Kier molecular flexibility index (Phi) is 3.06. The maximum absolute atomic E-state index is 11.6. The molecule has 4 heteroatoms. The van der Waals surface area contributed by atoms with Crippen LogP contribution in [0.2, 0.25) is 0 Å². The van der Waals surface area contributed by atoms with Crippen LogP contribution in [0.5, 0.6) is 0 Å². The van der Waals surface area contributed by atoms with Crippen LogP contribution in [0, 0.1) is 5.92 Å². The summed E-state index contributed by atoms with van der Waals surface area (Å²) >= 11 is 0. The first-order valence-corrected chi connectivity index (χ1v) is 5.30. The molecule has 0 aliphatic carbocycles. The van der Waals surface area contributed by atoms with Crippen LogP contribution in [0.15, 0.2) is 23.1 Å². The molecule has 1 aliphatic heterocycles. The Labute approximate surface area is 88.7 Å². The summed E-state index contributed by atoms with van der Waals surface area (Å²) in [6.45, 7) is 2.37. The minimum atomic E-state index is -0.0796. The van der Waals surface area contributed by atoms with E-state index in [1.165, 1.54) is 0 Å². The van der Waals surface area contributed by atoms with Crippen molar-refractivity contribution in [3.8, 4) is 0 Å². The quantitative estimate of drug-likeness (QED) is 0.784. The zero-order chi connectivity index (χ0) is 10.7. The van der Waals surface area contributed by atoms with Gasteiger partial charge in [-0.15, -0.1) is 0 Å². The second kappa shape index (κ2) is 4.49. The molecule has 1 saturated heterocycles. The van der Waals surface area contributed by atoms with Crippen molar-refractivity contribution in [2.45, 2.75) is 19.4 Å². The number of hydrogen-bond acceptors (Lipinski definition) is 3. The Morgan fingerprint density at radius 2 is 2.20 bits per heavy atom. The van der Waals surface area contributed by atoms with E-state index in [1.807, 2.05) is 6.07 Å². The van der Waals surface area contributed by atoms with Crippen LogP contribution in [0.4, 0.5) is 5.69 Å². The van der Waals surface area contributed by atoms with Gasteiger partial charge < -0.3 is 15.0 Å². The lowest BCUT2D eigenvalue weighted by atomic mass is 10.0. The summed E-state index contributed by atoms with van der Waals surface area (Å²) in [4.78, 5) is 11.6. The third kappa shape index (κ3) is 2.39. The maximum Gasteiger partial charge on any atom is 0.273 e. The van der Waals surface area contributed by atoms with Gasteiger partial charge >= 0.3 is 0 Å². The number of anilines is 1. The van der Waals surface area contributed by atoms with E-state index in [2.05, 4.69) is 0 Å². The Morgan fingerprint density at radius 3 is 2.93 bits per heavy atom. The van der Waals surface area contributed by atoms with Gasteiger partial charge in [0.05, 0.1) is 5.69 Å². The van der Waals surface area contributed by atoms with Crippen LogP contribution < -0.4 is 11.3 Å². The lowest BCUT2D eigenvalue weighted by Crippen LogP contribution is -2.28. The van der Waals surface area contributed by atoms with E-state index in [-0.39, 0.29) is 5.56 Å². The Bertz CT molecular complexity index is 380. The standard InChI is InChI=1S/C11H16N2O2/c12-10-2-1-5-13(11(10)14)8-9-3-6-15-7-4-9/h1-2,5,9H,3-4,6-8,12H2. The van der Waals surface area contributed by atoms with Crippen molar-refractivity contribution in [2.24, 2.45) is 5.92 Å². The molecular formula is C11H16N2O2. The van der Waals surface area contributed by atoms with Gasteiger partial charge in [-0.1, -0.05) is 0 Å². The van der Waals surface area contributed by atoms with E-state index in [4.69, 9.17) is 10.5 Å². The number of nitrogen functional groups attached to an aromatic ring is 1. The molecule has 1 fully saturated rings. The monoisotopic (exact) mass is 208 g/mol. The summed E-state index contributed by atoms with van der Waals surface area (Å²) < 4.78 is 6.98. The number of rotatable bonds is 2. The highest BCUT2D eigenvalue weighted by Gasteiger charge is 2.14. The molecular weight excluding hydrogens is 192 g/mol.